The van der Waals surface area contributed by atoms with Gasteiger partial charge in [-0.1, -0.05) is 19.8 Å². The van der Waals surface area contributed by atoms with Crippen molar-refractivity contribution in [2.45, 2.75) is 45.1 Å². The molecule has 0 aliphatic heterocycles. The fourth-order valence-electron chi connectivity index (χ4n) is 2.09. The van der Waals surface area contributed by atoms with Crippen molar-refractivity contribution in [2.75, 3.05) is 13.2 Å². The Hall–Kier alpha value is -1.53. The van der Waals surface area contributed by atoms with E-state index in [-0.39, 0.29) is 18.6 Å². The average molecular weight is 260 g/mol. The molecule has 0 saturated heterocycles. The van der Waals surface area contributed by atoms with Gasteiger partial charge in [-0.2, -0.15) is 0 Å². The number of carbonyl (C=O) groups excluding carboxylic acids is 1. The summed E-state index contributed by atoms with van der Waals surface area (Å²) < 4.78 is 4.99. The highest BCUT2D eigenvalue weighted by molar-refractivity contribution is 5.67. The number of hydrogen-bond donors (Lipinski definition) is 1. The Bertz CT molecular complexity index is 285. The van der Waals surface area contributed by atoms with E-state index in [0.29, 0.717) is 6.61 Å². The van der Waals surface area contributed by atoms with Gasteiger partial charge in [-0.15, -0.1) is 10.1 Å². The second-order valence-corrected chi connectivity index (χ2v) is 4.45. The van der Waals surface area contributed by atoms with E-state index in [4.69, 9.17) is 4.74 Å². The fourth-order valence-corrected chi connectivity index (χ4v) is 2.09. The monoisotopic (exact) mass is 260 g/mol. The lowest BCUT2D eigenvalue weighted by Gasteiger charge is -2.19. The third-order valence-corrected chi connectivity index (χ3v) is 3.09. The van der Waals surface area contributed by atoms with Crippen molar-refractivity contribution in [3.63, 3.8) is 0 Å². The molecule has 104 valence electrons. The molecule has 1 fully saturated rings. The van der Waals surface area contributed by atoms with Crippen LogP contribution in [0.5, 0.6) is 0 Å². The van der Waals surface area contributed by atoms with Gasteiger partial charge in [-0.05, 0) is 19.3 Å². The first kappa shape index (κ1) is 14.5. The molecule has 1 rings (SSSR count). The second-order valence-electron chi connectivity index (χ2n) is 4.45. The summed E-state index contributed by atoms with van der Waals surface area (Å²) in [4.78, 5) is 25.9. The molecular weight excluding hydrogens is 240 g/mol. The molecular formula is C11H20N2O5. The van der Waals surface area contributed by atoms with Gasteiger partial charge in [0, 0.05) is 12.0 Å². The molecule has 1 aliphatic carbocycles. The molecule has 1 amide bonds. The van der Waals surface area contributed by atoms with E-state index >= 15 is 0 Å². The Morgan fingerprint density at radius 1 is 1.50 bits per heavy atom. The number of nitrogens with zero attached hydrogens (tertiary/aromatic N) is 1. The summed E-state index contributed by atoms with van der Waals surface area (Å²) in [7, 11) is 0. The SMILES string of the molecule is CCCCOC(=O)NC1CCCC1CO[N+](=O)[O-]. The number of unbranched alkanes of at least 4 members (excludes halogenated alkanes) is 1. The van der Waals surface area contributed by atoms with Crippen molar-refractivity contribution in [1.29, 1.82) is 0 Å². The van der Waals surface area contributed by atoms with Crippen LogP contribution in [0.25, 0.3) is 0 Å². The molecule has 0 bridgehead atoms. The Labute approximate surface area is 106 Å². The maximum atomic E-state index is 11.4. The summed E-state index contributed by atoms with van der Waals surface area (Å²) in [5, 5.41) is 12.1. The van der Waals surface area contributed by atoms with Crippen LogP contribution in [0.3, 0.4) is 0 Å². The molecule has 7 nitrogen and oxygen atoms in total. The number of rotatable bonds is 7. The number of hydrogen-bond acceptors (Lipinski definition) is 5. The standard InChI is InChI=1S/C11H20N2O5/c1-2-3-7-17-11(14)12-10-6-4-5-9(10)8-18-13(15)16/h9-10H,2-8H2,1H3,(H,12,14). The zero-order valence-corrected chi connectivity index (χ0v) is 10.6. The highest BCUT2D eigenvalue weighted by Crippen LogP contribution is 2.26. The largest absolute Gasteiger partial charge is 0.450 e. The molecule has 18 heavy (non-hydrogen) atoms. The lowest BCUT2D eigenvalue weighted by atomic mass is 10.1. The summed E-state index contributed by atoms with van der Waals surface area (Å²) in [6.07, 6.45) is 3.94. The molecule has 0 heterocycles. The van der Waals surface area contributed by atoms with Gasteiger partial charge in [0.05, 0.1) is 6.61 Å². The molecule has 1 N–H and O–H groups in total. The van der Waals surface area contributed by atoms with Crippen LogP contribution in [0.2, 0.25) is 0 Å². The fraction of sp³-hybridized carbons (Fsp3) is 0.909. The number of carbonyl (C=O) groups is 1. The van der Waals surface area contributed by atoms with Crippen LogP contribution >= 0.6 is 0 Å². The summed E-state index contributed by atoms with van der Waals surface area (Å²) in [5.41, 5.74) is 0. The number of ether oxygens (including phenoxy) is 1. The van der Waals surface area contributed by atoms with Gasteiger partial charge < -0.3 is 14.9 Å². The van der Waals surface area contributed by atoms with Crippen molar-refractivity contribution in [1.82, 2.24) is 5.32 Å². The second kappa shape index (κ2) is 7.73. The highest BCUT2D eigenvalue weighted by atomic mass is 16.9. The van der Waals surface area contributed by atoms with E-state index in [1.54, 1.807) is 0 Å². The molecule has 2 unspecified atom stereocenters. The quantitative estimate of drug-likeness (QED) is 0.429. The minimum Gasteiger partial charge on any atom is -0.450 e. The Balaban J connectivity index is 2.26. The third-order valence-electron chi connectivity index (χ3n) is 3.09. The maximum absolute atomic E-state index is 11.4. The molecule has 0 aromatic rings. The predicted octanol–water partition coefficient (Wildman–Crippen LogP) is 1.89. The minimum atomic E-state index is -0.797. The van der Waals surface area contributed by atoms with E-state index in [2.05, 4.69) is 10.2 Å². The Morgan fingerprint density at radius 2 is 2.28 bits per heavy atom. The van der Waals surface area contributed by atoms with Gasteiger partial charge in [-0.25, -0.2) is 4.79 Å². The Kier molecular flexibility index (Phi) is 6.24. The van der Waals surface area contributed by atoms with Crippen molar-refractivity contribution in [2.24, 2.45) is 5.92 Å². The summed E-state index contributed by atoms with van der Waals surface area (Å²) in [6.45, 7) is 2.46. The number of amides is 1. The number of nitrogens with one attached hydrogen (secondary N) is 1. The van der Waals surface area contributed by atoms with E-state index in [1.807, 2.05) is 6.92 Å². The first-order chi connectivity index (χ1) is 8.63. The summed E-state index contributed by atoms with van der Waals surface area (Å²) in [5.74, 6) is -0.00544. The van der Waals surface area contributed by atoms with Crippen molar-refractivity contribution in [3.05, 3.63) is 10.1 Å². The first-order valence-corrected chi connectivity index (χ1v) is 6.34. The molecule has 7 heteroatoms. The van der Waals surface area contributed by atoms with Gasteiger partial charge in [0.25, 0.3) is 5.09 Å². The molecule has 0 spiro atoms. The van der Waals surface area contributed by atoms with Crippen molar-refractivity contribution in [3.8, 4) is 0 Å². The van der Waals surface area contributed by atoms with Crippen molar-refractivity contribution >= 4 is 6.09 Å². The summed E-state index contributed by atoms with van der Waals surface area (Å²) in [6, 6.07) is -0.0842. The molecule has 0 radical (unpaired) electrons. The van der Waals surface area contributed by atoms with E-state index in [0.717, 1.165) is 32.1 Å². The normalized spacial score (nSPS) is 22.5. The molecule has 2 atom stereocenters. The van der Waals surface area contributed by atoms with Gasteiger partial charge in [0.1, 0.15) is 6.61 Å². The lowest BCUT2D eigenvalue weighted by Crippen LogP contribution is -2.39. The van der Waals surface area contributed by atoms with Crippen LogP contribution < -0.4 is 5.32 Å². The van der Waals surface area contributed by atoms with E-state index < -0.39 is 11.2 Å². The van der Waals surface area contributed by atoms with Crippen LogP contribution in [-0.2, 0) is 9.57 Å². The summed E-state index contributed by atoms with van der Waals surface area (Å²) >= 11 is 0. The maximum Gasteiger partial charge on any atom is 0.407 e. The third kappa shape index (κ3) is 5.20. The lowest BCUT2D eigenvalue weighted by molar-refractivity contribution is -0.759. The molecule has 1 saturated carbocycles. The van der Waals surface area contributed by atoms with Crippen LogP contribution in [0.15, 0.2) is 0 Å². The smallest absolute Gasteiger partial charge is 0.407 e. The minimum absolute atomic E-state index is 0.00544. The molecule has 1 aliphatic rings. The molecule has 0 aromatic heterocycles. The van der Waals surface area contributed by atoms with Gasteiger partial charge in [-0.3, -0.25) is 0 Å². The average Bonchev–Trinajstić information content (AvgIpc) is 2.74. The van der Waals surface area contributed by atoms with Gasteiger partial charge >= 0.3 is 6.09 Å². The Morgan fingerprint density at radius 3 is 2.94 bits per heavy atom. The number of alkyl carbamates (subject to hydrolysis) is 1. The zero-order valence-electron chi connectivity index (χ0n) is 10.6. The van der Waals surface area contributed by atoms with E-state index in [9.17, 15) is 14.9 Å². The van der Waals surface area contributed by atoms with E-state index in [1.165, 1.54) is 0 Å². The first-order valence-electron chi connectivity index (χ1n) is 6.34. The molecule has 0 aromatic carbocycles. The zero-order chi connectivity index (χ0) is 13.4. The van der Waals surface area contributed by atoms with Gasteiger partial charge in [0.15, 0.2) is 0 Å². The van der Waals surface area contributed by atoms with Crippen LogP contribution in [0.1, 0.15) is 39.0 Å². The van der Waals surface area contributed by atoms with Crippen LogP contribution in [0, 0.1) is 16.0 Å². The predicted molar refractivity (Wildman–Crippen MR) is 63.5 cm³/mol. The van der Waals surface area contributed by atoms with Gasteiger partial charge in [0.2, 0.25) is 0 Å². The van der Waals surface area contributed by atoms with Crippen LogP contribution in [-0.4, -0.2) is 30.4 Å². The highest BCUT2D eigenvalue weighted by Gasteiger charge is 2.29. The van der Waals surface area contributed by atoms with Crippen LogP contribution in [0.4, 0.5) is 4.79 Å². The topological polar surface area (TPSA) is 90.7 Å². The van der Waals surface area contributed by atoms with Crippen molar-refractivity contribution < 1.29 is 19.5 Å².